The average Bonchev–Trinajstić information content (AvgIpc) is 2.40. The number of hydrogen-bond acceptors (Lipinski definition) is 4. The van der Waals surface area contributed by atoms with E-state index in [-0.39, 0.29) is 22.5 Å². The smallest absolute Gasteiger partial charge is 0.341 e. The molecule has 0 saturated heterocycles. The SMILES string of the molecule is O=C(OCc1ccccc1Cl)c1cc(Cl)nnc1Cl. The van der Waals surface area contributed by atoms with Gasteiger partial charge < -0.3 is 4.74 Å². The molecular formula is C12H7Cl3N2O2. The molecule has 1 aromatic carbocycles. The van der Waals surface area contributed by atoms with Gasteiger partial charge in [-0.15, -0.1) is 10.2 Å². The highest BCUT2D eigenvalue weighted by Crippen LogP contribution is 2.19. The highest BCUT2D eigenvalue weighted by molar-refractivity contribution is 6.33. The molecule has 2 aromatic rings. The number of halogens is 3. The van der Waals surface area contributed by atoms with Crippen LogP contribution in [0.15, 0.2) is 30.3 Å². The molecule has 0 atom stereocenters. The highest BCUT2D eigenvalue weighted by Gasteiger charge is 2.15. The van der Waals surface area contributed by atoms with E-state index in [1.165, 1.54) is 6.07 Å². The fraction of sp³-hybridized carbons (Fsp3) is 0.0833. The Hall–Kier alpha value is -1.36. The Labute approximate surface area is 124 Å². The molecule has 4 nitrogen and oxygen atoms in total. The highest BCUT2D eigenvalue weighted by atomic mass is 35.5. The van der Waals surface area contributed by atoms with Crippen LogP contribution < -0.4 is 0 Å². The molecular weight excluding hydrogens is 311 g/mol. The number of benzene rings is 1. The van der Waals surface area contributed by atoms with Crippen LogP contribution in [0.5, 0.6) is 0 Å². The second-order valence-electron chi connectivity index (χ2n) is 3.54. The molecule has 0 spiro atoms. The minimum Gasteiger partial charge on any atom is -0.457 e. The lowest BCUT2D eigenvalue weighted by molar-refractivity contribution is 0.0472. The average molecular weight is 318 g/mol. The van der Waals surface area contributed by atoms with Crippen LogP contribution in [-0.2, 0) is 11.3 Å². The van der Waals surface area contributed by atoms with E-state index in [1.807, 2.05) is 0 Å². The maximum Gasteiger partial charge on any atom is 0.341 e. The van der Waals surface area contributed by atoms with E-state index >= 15 is 0 Å². The normalized spacial score (nSPS) is 10.3. The van der Waals surface area contributed by atoms with Crippen molar-refractivity contribution in [1.29, 1.82) is 0 Å². The molecule has 19 heavy (non-hydrogen) atoms. The summed E-state index contributed by atoms with van der Waals surface area (Å²) in [6, 6.07) is 8.35. The summed E-state index contributed by atoms with van der Waals surface area (Å²) in [5, 5.41) is 7.56. The molecule has 0 radical (unpaired) electrons. The number of nitrogens with zero attached hydrogens (tertiary/aromatic N) is 2. The summed E-state index contributed by atoms with van der Waals surface area (Å²) in [6.45, 7) is 0.0365. The molecule has 0 fully saturated rings. The first-order chi connectivity index (χ1) is 9.08. The zero-order valence-corrected chi connectivity index (χ0v) is 11.7. The van der Waals surface area contributed by atoms with Crippen LogP contribution in [0.25, 0.3) is 0 Å². The second-order valence-corrected chi connectivity index (χ2v) is 4.69. The van der Waals surface area contributed by atoms with Crippen molar-refractivity contribution in [3.63, 3.8) is 0 Å². The van der Waals surface area contributed by atoms with Crippen molar-refractivity contribution in [2.75, 3.05) is 0 Å². The van der Waals surface area contributed by atoms with Gasteiger partial charge in [0.05, 0.1) is 0 Å². The Morgan fingerprint density at radius 1 is 1.16 bits per heavy atom. The van der Waals surface area contributed by atoms with E-state index in [9.17, 15) is 4.79 Å². The van der Waals surface area contributed by atoms with Crippen molar-refractivity contribution in [2.45, 2.75) is 6.61 Å². The van der Waals surface area contributed by atoms with Crippen LogP contribution in [-0.4, -0.2) is 16.2 Å². The quantitative estimate of drug-likeness (QED) is 0.808. The van der Waals surface area contributed by atoms with Gasteiger partial charge in [0.15, 0.2) is 10.3 Å². The van der Waals surface area contributed by atoms with E-state index in [4.69, 9.17) is 39.5 Å². The molecule has 0 unspecified atom stereocenters. The topological polar surface area (TPSA) is 52.1 Å². The van der Waals surface area contributed by atoms with E-state index in [0.717, 1.165) is 0 Å². The van der Waals surface area contributed by atoms with Crippen molar-refractivity contribution in [2.24, 2.45) is 0 Å². The first-order valence-corrected chi connectivity index (χ1v) is 6.30. The van der Waals surface area contributed by atoms with Gasteiger partial charge in [-0.2, -0.15) is 0 Å². The number of esters is 1. The van der Waals surface area contributed by atoms with Crippen LogP contribution in [0, 0.1) is 0 Å². The standard InChI is InChI=1S/C12H7Cl3N2O2/c13-9-4-2-1-3-7(9)6-19-12(18)8-5-10(14)16-17-11(8)15/h1-5H,6H2. The first-order valence-electron chi connectivity index (χ1n) is 5.17. The van der Waals surface area contributed by atoms with Crippen molar-refractivity contribution in [3.05, 3.63) is 56.8 Å². The number of ether oxygens (including phenoxy) is 1. The monoisotopic (exact) mass is 316 g/mol. The zero-order chi connectivity index (χ0) is 13.8. The van der Waals surface area contributed by atoms with Gasteiger partial charge in [-0.05, 0) is 12.1 Å². The second kappa shape index (κ2) is 6.19. The molecule has 1 aromatic heterocycles. The van der Waals surface area contributed by atoms with Gasteiger partial charge in [-0.25, -0.2) is 4.79 Å². The van der Waals surface area contributed by atoms with Crippen LogP contribution >= 0.6 is 34.8 Å². The molecule has 2 rings (SSSR count). The number of rotatable bonds is 3. The van der Waals surface area contributed by atoms with Gasteiger partial charge in [0.2, 0.25) is 0 Å². The number of carbonyl (C=O) groups excluding carboxylic acids is 1. The predicted molar refractivity (Wildman–Crippen MR) is 72.6 cm³/mol. The Kier molecular flexibility index (Phi) is 4.58. The lowest BCUT2D eigenvalue weighted by Gasteiger charge is -2.07. The Balaban J connectivity index is 2.10. The van der Waals surface area contributed by atoms with Crippen molar-refractivity contribution < 1.29 is 9.53 Å². The number of hydrogen-bond donors (Lipinski definition) is 0. The maximum absolute atomic E-state index is 11.8. The van der Waals surface area contributed by atoms with Crippen LogP contribution in [0.4, 0.5) is 0 Å². The first kappa shape index (κ1) is 14.1. The van der Waals surface area contributed by atoms with Gasteiger partial charge in [0.25, 0.3) is 0 Å². The molecule has 0 aliphatic rings. The molecule has 0 N–H and O–H groups in total. The molecule has 0 aliphatic carbocycles. The molecule has 98 valence electrons. The summed E-state index contributed by atoms with van der Waals surface area (Å²) in [6.07, 6.45) is 0. The van der Waals surface area contributed by atoms with Crippen LogP contribution in [0.2, 0.25) is 15.3 Å². The lowest BCUT2D eigenvalue weighted by Crippen LogP contribution is -2.07. The van der Waals surface area contributed by atoms with E-state index in [0.29, 0.717) is 10.6 Å². The molecule has 0 saturated carbocycles. The van der Waals surface area contributed by atoms with Crippen molar-refractivity contribution in [3.8, 4) is 0 Å². The summed E-state index contributed by atoms with van der Waals surface area (Å²) in [5.41, 5.74) is 0.760. The lowest BCUT2D eigenvalue weighted by atomic mass is 10.2. The third-order valence-corrected chi connectivity index (χ3v) is 3.09. The Morgan fingerprint density at radius 2 is 1.89 bits per heavy atom. The summed E-state index contributed by atoms with van der Waals surface area (Å²) in [5.74, 6) is -0.637. The van der Waals surface area contributed by atoms with Gasteiger partial charge in [-0.3, -0.25) is 0 Å². The maximum atomic E-state index is 11.8. The number of carbonyl (C=O) groups is 1. The molecule has 1 heterocycles. The minimum atomic E-state index is -0.637. The minimum absolute atomic E-state index is 0.0365. The fourth-order valence-electron chi connectivity index (χ4n) is 1.33. The summed E-state index contributed by atoms with van der Waals surface area (Å²) in [4.78, 5) is 11.8. The summed E-state index contributed by atoms with van der Waals surface area (Å²) in [7, 11) is 0. The molecule has 0 aliphatic heterocycles. The third kappa shape index (κ3) is 3.56. The van der Waals surface area contributed by atoms with Gasteiger partial charge in [0, 0.05) is 10.6 Å². The van der Waals surface area contributed by atoms with Crippen molar-refractivity contribution >= 4 is 40.8 Å². The van der Waals surface area contributed by atoms with Crippen LogP contribution in [0.1, 0.15) is 15.9 Å². The Morgan fingerprint density at radius 3 is 2.63 bits per heavy atom. The van der Waals surface area contributed by atoms with E-state index < -0.39 is 5.97 Å². The summed E-state index contributed by atoms with van der Waals surface area (Å²) < 4.78 is 5.10. The van der Waals surface area contributed by atoms with Crippen LogP contribution in [0.3, 0.4) is 0 Å². The number of aromatic nitrogens is 2. The van der Waals surface area contributed by atoms with Gasteiger partial charge >= 0.3 is 5.97 Å². The molecule has 0 bridgehead atoms. The van der Waals surface area contributed by atoms with Gasteiger partial charge in [-0.1, -0.05) is 53.0 Å². The molecule has 7 heteroatoms. The van der Waals surface area contributed by atoms with Crippen molar-refractivity contribution in [1.82, 2.24) is 10.2 Å². The van der Waals surface area contributed by atoms with E-state index in [1.54, 1.807) is 24.3 Å². The van der Waals surface area contributed by atoms with Gasteiger partial charge in [0.1, 0.15) is 12.2 Å². The molecule has 0 amide bonds. The zero-order valence-electron chi connectivity index (χ0n) is 9.44. The fourth-order valence-corrected chi connectivity index (χ4v) is 1.84. The third-order valence-electron chi connectivity index (χ3n) is 2.26. The Bertz CT molecular complexity index is 620. The predicted octanol–water partition coefficient (Wildman–Crippen LogP) is 3.79. The largest absolute Gasteiger partial charge is 0.457 e. The summed E-state index contributed by atoms with van der Waals surface area (Å²) >= 11 is 17.3. The van der Waals surface area contributed by atoms with E-state index in [2.05, 4.69) is 10.2 Å².